The molecule has 73 heavy (non-hydrogen) atoms. The minimum absolute atomic E-state index is 0.147. The summed E-state index contributed by atoms with van der Waals surface area (Å²) in [7, 11) is 5.92. The van der Waals surface area contributed by atoms with E-state index in [1.165, 1.54) is 218 Å². The van der Waals surface area contributed by atoms with Crippen LogP contribution >= 0.6 is 0 Å². The molecular formula is C64H121NO8. The zero-order chi connectivity index (χ0) is 53.4. The summed E-state index contributed by atoms with van der Waals surface area (Å²) < 4.78 is 22.7. The van der Waals surface area contributed by atoms with Gasteiger partial charge in [-0.05, 0) is 44.9 Å². The van der Waals surface area contributed by atoms with Crippen molar-refractivity contribution in [2.75, 3.05) is 47.5 Å². The molecule has 0 aromatic carbocycles. The number of carboxylic acid groups (broad SMARTS) is 1. The lowest BCUT2D eigenvalue weighted by atomic mass is 10.0. The first kappa shape index (κ1) is 70.8. The van der Waals surface area contributed by atoms with Gasteiger partial charge in [0, 0.05) is 12.8 Å². The number of quaternary nitrogens is 1. The number of esters is 2. The maximum atomic E-state index is 12.8. The van der Waals surface area contributed by atoms with Gasteiger partial charge in [0.1, 0.15) is 13.2 Å². The molecule has 9 nitrogen and oxygen atoms in total. The normalized spacial score (nSPS) is 12.8. The van der Waals surface area contributed by atoms with Gasteiger partial charge in [-0.15, -0.1) is 0 Å². The third-order valence-electron chi connectivity index (χ3n) is 14.2. The van der Waals surface area contributed by atoms with Crippen LogP contribution in [0.4, 0.5) is 0 Å². The van der Waals surface area contributed by atoms with Gasteiger partial charge >= 0.3 is 11.9 Å². The van der Waals surface area contributed by atoms with E-state index in [0.29, 0.717) is 23.9 Å². The summed E-state index contributed by atoms with van der Waals surface area (Å²) >= 11 is 0. The number of carbonyl (C=O) groups is 3. The molecule has 0 heterocycles. The highest BCUT2D eigenvalue weighted by atomic mass is 16.7. The quantitative estimate of drug-likeness (QED) is 0.0195. The summed E-state index contributed by atoms with van der Waals surface area (Å²) in [5.41, 5.74) is 0. The molecule has 0 fully saturated rings. The predicted molar refractivity (Wildman–Crippen MR) is 306 cm³/mol. The first-order valence-corrected chi connectivity index (χ1v) is 31.5. The highest BCUT2D eigenvalue weighted by Gasteiger charge is 2.22. The molecule has 0 spiro atoms. The second-order valence-corrected chi connectivity index (χ2v) is 22.7. The van der Waals surface area contributed by atoms with E-state index in [1.807, 2.05) is 21.1 Å². The Labute approximate surface area is 452 Å². The standard InChI is InChI=1S/C64H121NO8/c1-6-8-10-12-14-16-18-20-22-24-25-26-27-28-29-30-31-32-33-34-35-36-37-38-39-41-42-44-46-48-50-52-54-61(66)71-58-60(59-72-64(63(68)69)70-57-56-65(3,4)5)73-62(67)55-53-51-49-47-45-43-40-23-21-19-17-15-13-11-9-7-2/h17,19,23,40,60,64H,6-16,18,20-22,24-39,41-59H2,1-5H3/b19-17-,40-23-. The number of likely N-dealkylation sites (N-methyl/N-ethyl adjacent to an activating group) is 1. The lowest BCUT2D eigenvalue weighted by Crippen LogP contribution is -2.44. The summed E-state index contributed by atoms with van der Waals surface area (Å²) in [6.45, 7) is 4.76. The number of carbonyl (C=O) groups excluding carboxylic acids is 3. The van der Waals surface area contributed by atoms with Gasteiger partial charge in [0.25, 0.3) is 0 Å². The van der Waals surface area contributed by atoms with Crippen molar-refractivity contribution in [1.82, 2.24) is 0 Å². The van der Waals surface area contributed by atoms with E-state index < -0.39 is 24.3 Å². The summed E-state index contributed by atoms with van der Waals surface area (Å²) in [6.07, 6.45) is 64.0. The van der Waals surface area contributed by atoms with E-state index in [-0.39, 0.29) is 32.2 Å². The fourth-order valence-electron chi connectivity index (χ4n) is 9.33. The van der Waals surface area contributed by atoms with Gasteiger partial charge in [-0.3, -0.25) is 9.59 Å². The number of aliphatic carboxylic acids is 1. The minimum Gasteiger partial charge on any atom is -0.545 e. The van der Waals surface area contributed by atoms with Crippen LogP contribution in [0.5, 0.6) is 0 Å². The van der Waals surface area contributed by atoms with Gasteiger partial charge in [-0.1, -0.05) is 276 Å². The fourth-order valence-corrected chi connectivity index (χ4v) is 9.33. The lowest BCUT2D eigenvalue weighted by Gasteiger charge is -2.26. The van der Waals surface area contributed by atoms with Crippen LogP contribution < -0.4 is 5.11 Å². The molecule has 0 aliphatic carbocycles. The molecule has 0 amide bonds. The molecule has 430 valence electrons. The monoisotopic (exact) mass is 1030 g/mol. The second kappa shape index (κ2) is 56.0. The highest BCUT2D eigenvalue weighted by molar-refractivity contribution is 5.70. The molecular weight excluding hydrogens is 911 g/mol. The summed E-state index contributed by atoms with van der Waals surface area (Å²) in [5, 5.41) is 11.8. The molecule has 0 saturated heterocycles. The Morgan fingerprint density at radius 3 is 1.10 bits per heavy atom. The third kappa shape index (κ3) is 57.3. The van der Waals surface area contributed by atoms with E-state index in [1.54, 1.807) is 0 Å². The molecule has 0 aromatic rings. The van der Waals surface area contributed by atoms with E-state index in [9.17, 15) is 19.5 Å². The number of hydrogen-bond acceptors (Lipinski definition) is 8. The number of nitrogens with zero attached hydrogens (tertiary/aromatic N) is 1. The maximum absolute atomic E-state index is 12.8. The van der Waals surface area contributed by atoms with E-state index in [0.717, 1.165) is 57.8 Å². The summed E-state index contributed by atoms with van der Waals surface area (Å²) in [5.74, 6) is -2.28. The molecule has 9 heteroatoms. The van der Waals surface area contributed by atoms with Crippen LogP contribution in [0.15, 0.2) is 24.3 Å². The second-order valence-electron chi connectivity index (χ2n) is 22.7. The molecule has 0 N–H and O–H groups in total. The van der Waals surface area contributed by atoms with Crippen molar-refractivity contribution in [2.45, 2.75) is 322 Å². The fraction of sp³-hybridized carbons (Fsp3) is 0.891. The molecule has 0 aromatic heterocycles. The topological polar surface area (TPSA) is 111 Å². The van der Waals surface area contributed by atoms with Crippen molar-refractivity contribution >= 4 is 17.9 Å². The third-order valence-corrected chi connectivity index (χ3v) is 14.2. The predicted octanol–water partition coefficient (Wildman–Crippen LogP) is 17.4. The van der Waals surface area contributed by atoms with E-state index >= 15 is 0 Å². The van der Waals surface area contributed by atoms with Crippen LogP contribution in [-0.2, 0) is 33.3 Å². The van der Waals surface area contributed by atoms with E-state index in [4.69, 9.17) is 18.9 Å². The average molecular weight is 1030 g/mol. The number of rotatable bonds is 59. The average Bonchev–Trinajstić information content (AvgIpc) is 3.36. The molecule has 0 bridgehead atoms. The van der Waals surface area contributed by atoms with Crippen LogP contribution in [0.2, 0.25) is 0 Å². The van der Waals surface area contributed by atoms with Crippen molar-refractivity contribution in [3.8, 4) is 0 Å². The van der Waals surface area contributed by atoms with Gasteiger partial charge in [0.15, 0.2) is 12.4 Å². The first-order valence-electron chi connectivity index (χ1n) is 31.5. The van der Waals surface area contributed by atoms with Crippen molar-refractivity contribution in [3.05, 3.63) is 24.3 Å². The molecule has 2 atom stereocenters. The SMILES string of the molecule is CCCCCC/C=C\C/C=C\CCCCCCCC(=O)OC(COC(=O)CCCCCCCCCCCCCCCCCCCCCCCCCCCCCCCCCC)COC(OCC[N+](C)(C)C)C(=O)[O-]. The molecule has 0 aliphatic rings. The largest absolute Gasteiger partial charge is 0.545 e. The zero-order valence-electron chi connectivity index (χ0n) is 49.0. The number of unbranched alkanes of at least 4 members (excludes halogenated alkanes) is 40. The van der Waals surface area contributed by atoms with Gasteiger partial charge < -0.3 is 33.3 Å². The summed E-state index contributed by atoms with van der Waals surface area (Å²) in [6, 6.07) is 0. The van der Waals surface area contributed by atoms with Gasteiger partial charge in [0.05, 0.1) is 40.3 Å². The maximum Gasteiger partial charge on any atom is 0.306 e. The van der Waals surface area contributed by atoms with Crippen LogP contribution in [-0.4, -0.2) is 82.3 Å². The number of allylic oxidation sites excluding steroid dienone is 4. The van der Waals surface area contributed by atoms with Gasteiger partial charge in [-0.2, -0.15) is 0 Å². The smallest absolute Gasteiger partial charge is 0.306 e. The van der Waals surface area contributed by atoms with Crippen LogP contribution in [0.1, 0.15) is 309 Å². The molecule has 0 rings (SSSR count). The Balaban J connectivity index is 4.04. The lowest BCUT2D eigenvalue weighted by molar-refractivity contribution is -0.870. The van der Waals surface area contributed by atoms with E-state index in [2.05, 4.69) is 38.2 Å². The van der Waals surface area contributed by atoms with Gasteiger partial charge in [0.2, 0.25) is 0 Å². The highest BCUT2D eigenvalue weighted by Crippen LogP contribution is 2.18. The number of hydrogen-bond donors (Lipinski definition) is 0. The van der Waals surface area contributed by atoms with Gasteiger partial charge in [-0.25, -0.2) is 0 Å². The summed E-state index contributed by atoms with van der Waals surface area (Å²) in [4.78, 5) is 37.3. The van der Waals surface area contributed by atoms with Crippen molar-refractivity contribution < 1.29 is 42.9 Å². The van der Waals surface area contributed by atoms with Crippen molar-refractivity contribution in [1.29, 1.82) is 0 Å². The number of carboxylic acids is 1. The Bertz CT molecular complexity index is 1250. The Morgan fingerprint density at radius 2 is 0.740 bits per heavy atom. The van der Waals surface area contributed by atoms with Crippen LogP contribution in [0, 0.1) is 0 Å². The zero-order valence-corrected chi connectivity index (χ0v) is 49.0. The van der Waals surface area contributed by atoms with Crippen LogP contribution in [0.3, 0.4) is 0 Å². The molecule has 0 radical (unpaired) electrons. The number of ether oxygens (including phenoxy) is 4. The Hall–Kier alpha value is -2.23. The van der Waals surface area contributed by atoms with Crippen molar-refractivity contribution in [3.63, 3.8) is 0 Å². The molecule has 2 unspecified atom stereocenters. The molecule has 0 saturated carbocycles. The Kier molecular flexibility index (Phi) is 54.3. The Morgan fingerprint density at radius 1 is 0.411 bits per heavy atom. The molecule has 0 aliphatic heterocycles. The minimum atomic E-state index is -1.62. The van der Waals surface area contributed by atoms with Crippen molar-refractivity contribution in [2.24, 2.45) is 0 Å². The van der Waals surface area contributed by atoms with Crippen LogP contribution in [0.25, 0.3) is 0 Å². The first-order chi connectivity index (χ1) is 35.6.